The minimum Gasteiger partial charge on any atom is -0.453 e. The lowest BCUT2D eigenvalue weighted by Crippen LogP contribution is -2.01. The SMILES string of the molecule is Cc1nc(CC(=O)c2cc3ccccc3o2)sc1C. The third-order valence-electron chi connectivity index (χ3n) is 3.08. The second-order valence-electron chi connectivity index (χ2n) is 4.50. The Bertz CT molecular complexity index is 702. The van der Waals surface area contributed by atoms with Crippen LogP contribution in [-0.4, -0.2) is 10.8 Å². The Morgan fingerprint density at radius 2 is 2.11 bits per heavy atom. The number of aromatic nitrogens is 1. The number of hydrogen-bond acceptors (Lipinski definition) is 4. The molecule has 0 fully saturated rings. The Labute approximate surface area is 114 Å². The number of para-hydroxylation sites is 1. The number of Topliss-reactive ketones (excluding diaryl/α,β-unsaturated/α-hetero) is 1. The van der Waals surface area contributed by atoms with Crippen LogP contribution in [0.4, 0.5) is 0 Å². The van der Waals surface area contributed by atoms with Gasteiger partial charge in [-0.1, -0.05) is 18.2 Å². The van der Waals surface area contributed by atoms with Gasteiger partial charge in [0, 0.05) is 10.3 Å². The van der Waals surface area contributed by atoms with Gasteiger partial charge in [-0.25, -0.2) is 4.98 Å². The highest BCUT2D eigenvalue weighted by Crippen LogP contribution is 2.22. The van der Waals surface area contributed by atoms with Gasteiger partial charge in [0.2, 0.25) is 5.78 Å². The van der Waals surface area contributed by atoms with Crippen molar-refractivity contribution in [3.8, 4) is 0 Å². The summed E-state index contributed by atoms with van der Waals surface area (Å²) in [5, 5.41) is 1.80. The average Bonchev–Trinajstić information content (AvgIpc) is 2.93. The number of carbonyl (C=O) groups is 1. The summed E-state index contributed by atoms with van der Waals surface area (Å²) in [6.07, 6.45) is 0.305. The third kappa shape index (κ3) is 2.31. The largest absolute Gasteiger partial charge is 0.453 e. The van der Waals surface area contributed by atoms with E-state index in [1.165, 1.54) is 0 Å². The normalized spacial score (nSPS) is 11.1. The molecule has 0 atom stereocenters. The number of ketones is 1. The van der Waals surface area contributed by atoms with Crippen LogP contribution < -0.4 is 0 Å². The van der Waals surface area contributed by atoms with Crippen LogP contribution in [0, 0.1) is 13.8 Å². The Balaban J connectivity index is 1.87. The molecule has 0 unspecified atom stereocenters. The number of carbonyl (C=O) groups excluding carboxylic acids is 1. The van der Waals surface area contributed by atoms with Crippen molar-refractivity contribution in [1.82, 2.24) is 4.98 Å². The molecular formula is C15H13NO2S. The third-order valence-corrected chi connectivity index (χ3v) is 4.16. The molecule has 0 saturated heterocycles. The highest BCUT2D eigenvalue weighted by molar-refractivity contribution is 7.11. The molecule has 3 aromatic rings. The van der Waals surface area contributed by atoms with Crippen LogP contribution in [0.3, 0.4) is 0 Å². The molecule has 0 N–H and O–H groups in total. The van der Waals surface area contributed by atoms with E-state index in [4.69, 9.17) is 4.42 Å². The molecule has 0 amide bonds. The Morgan fingerprint density at radius 3 is 2.79 bits per heavy atom. The first-order valence-corrected chi connectivity index (χ1v) is 6.90. The van der Waals surface area contributed by atoms with Gasteiger partial charge in [0.15, 0.2) is 5.76 Å². The first-order chi connectivity index (χ1) is 9.13. The van der Waals surface area contributed by atoms with Crippen LogP contribution in [-0.2, 0) is 6.42 Å². The Morgan fingerprint density at radius 1 is 1.32 bits per heavy atom. The fourth-order valence-electron chi connectivity index (χ4n) is 1.96. The number of hydrogen-bond donors (Lipinski definition) is 0. The molecule has 3 rings (SSSR count). The van der Waals surface area contributed by atoms with E-state index < -0.39 is 0 Å². The van der Waals surface area contributed by atoms with Crippen LogP contribution in [0.15, 0.2) is 34.7 Å². The molecule has 0 aliphatic rings. The van der Waals surface area contributed by atoms with E-state index in [0.29, 0.717) is 12.2 Å². The van der Waals surface area contributed by atoms with E-state index in [9.17, 15) is 4.79 Å². The van der Waals surface area contributed by atoms with Crippen LogP contribution in [0.2, 0.25) is 0 Å². The molecule has 0 spiro atoms. The topological polar surface area (TPSA) is 43.1 Å². The van der Waals surface area contributed by atoms with Gasteiger partial charge in [-0.15, -0.1) is 11.3 Å². The summed E-state index contributed by atoms with van der Waals surface area (Å²) in [5.74, 6) is 0.386. The summed E-state index contributed by atoms with van der Waals surface area (Å²) in [7, 11) is 0. The van der Waals surface area contributed by atoms with Crippen LogP contribution in [0.5, 0.6) is 0 Å². The summed E-state index contributed by atoms with van der Waals surface area (Å²) >= 11 is 1.57. The summed E-state index contributed by atoms with van der Waals surface area (Å²) in [5.41, 5.74) is 1.75. The fourth-order valence-corrected chi connectivity index (χ4v) is 2.89. The van der Waals surface area contributed by atoms with Crippen LogP contribution in [0.25, 0.3) is 11.0 Å². The van der Waals surface area contributed by atoms with Gasteiger partial charge >= 0.3 is 0 Å². The molecule has 4 heteroatoms. The molecule has 0 bridgehead atoms. The van der Waals surface area contributed by atoms with Crippen molar-refractivity contribution < 1.29 is 9.21 Å². The predicted molar refractivity (Wildman–Crippen MR) is 75.8 cm³/mol. The van der Waals surface area contributed by atoms with Crippen LogP contribution in [0.1, 0.15) is 26.1 Å². The molecule has 0 aliphatic carbocycles. The number of furan rings is 1. The van der Waals surface area contributed by atoms with E-state index in [-0.39, 0.29) is 5.78 Å². The molecule has 0 saturated carbocycles. The molecule has 96 valence electrons. The molecular weight excluding hydrogens is 258 g/mol. The molecule has 19 heavy (non-hydrogen) atoms. The van der Waals surface area contributed by atoms with Crippen molar-refractivity contribution in [2.45, 2.75) is 20.3 Å². The monoisotopic (exact) mass is 271 g/mol. The number of benzene rings is 1. The highest BCUT2D eigenvalue weighted by Gasteiger charge is 2.15. The number of nitrogens with zero attached hydrogens (tertiary/aromatic N) is 1. The highest BCUT2D eigenvalue weighted by atomic mass is 32.1. The van der Waals surface area contributed by atoms with Crippen molar-refractivity contribution in [3.63, 3.8) is 0 Å². The molecule has 0 aliphatic heterocycles. The molecule has 3 nitrogen and oxygen atoms in total. The molecule has 2 heterocycles. The lowest BCUT2D eigenvalue weighted by Gasteiger charge is -1.92. The fraction of sp³-hybridized carbons (Fsp3) is 0.200. The minimum atomic E-state index is -0.0232. The quantitative estimate of drug-likeness (QED) is 0.678. The minimum absolute atomic E-state index is 0.0232. The Hall–Kier alpha value is -1.94. The lowest BCUT2D eigenvalue weighted by atomic mass is 10.2. The summed E-state index contributed by atoms with van der Waals surface area (Å²) < 4.78 is 5.57. The van der Waals surface area contributed by atoms with Gasteiger partial charge in [-0.2, -0.15) is 0 Å². The molecule has 2 aromatic heterocycles. The van der Waals surface area contributed by atoms with Crippen molar-refractivity contribution in [3.05, 3.63) is 51.7 Å². The van der Waals surface area contributed by atoms with E-state index in [1.54, 1.807) is 17.4 Å². The van der Waals surface area contributed by atoms with Gasteiger partial charge in [0.1, 0.15) is 10.6 Å². The number of fused-ring (bicyclic) bond motifs is 1. The summed E-state index contributed by atoms with van der Waals surface area (Å²) in [6, 6.07) is 9.43. The second kappa shape index (κ2) is 4.63. The van der Waals surface area contributed by atoms with Gasteiger partial charge in [0.05, 0.1) is 12.1 Å². The molecule has 0 radical (unpaired) electrons. The van der Waals surface area contributed by atoms with Crippen molar-refractivity contribution in [1.29, 1.82) is 0 Å². The van der Waals surface area contributed by atoms with Gasteiger partial charge < -0.3 is 4.42 Å². The smallest absolute Gasteiger partial charge is 0.204 e. The van der Waals surface area contributed by atoms with E-state index >= 15 is 0 Å². The zero-order valence-corrected chi connectivity index (χ0v) is 11.6. The van der Waals surface area contributed by atoms with Gasteiger partial charge in [-0.05, 0) is 26.0 Å². The average molecular weight is 271 g/mol. The zero-order valence-electron chi connectivity index (χ0n) is 10.8. The standard InChI is InChI=1S/C15H13NO2S/c1-9-10(2)19-15(16-9)8-12(17)14-7-11-5-3-4-6-13(11)18-14/h3-7H,8H2,1-2H3. The van der Waals surface area contributed by atoms with E-state index in [2.05, 4.69) is 4.98 Å². The van der Waals surface area contributed by atoms with Crippen molar-refractivity contribution in [2.24, 2.45) is 0 Å². The summed E-state index contributed by atoms with van der Waals surface area (Å²) in [6.45, 7) is 3.98. The first kappa shape index (κ1) is 12.1. The van der Waals surface area contributed by atoms with E-state index in [1.807, 2.05) is 38.1 Å². The second-order valence-corrected chi connectivity index (χ2v) is 5.79. The van der Waals surface area contributed by atoms with Gasteiger partial charge in [-0.3, -0.25) is 4.79 Å². The zero-order chi connectivity index (χ0) is 13.4. The number of rotatable bonds is 3. The summed E-state index contributed by atoms with van der Waals surface area (Å²) in [4.78, 5) is 17.7. The maximum atomic E-state index is 12.2. The first-order valence-electron chi connectivity index (χ1n) is 6.08. The maximum Gasteiger partial charge on any atom is 0.204 e. The number of thiazole rings is 1. The van der Waals surface area contributed by atoms with Crippen molar-refractivity contribution >= 4 is 28.1 Å². The van der Waals surface area contributed by atoms with Crippen molar-refractivity contribution in [2.75, 3.05) is 0 Å². The maximum absolute atomic E-state index is 12.2. The van der Waals surface area contributed by atoms with Crippen LogP contribution >= 0.6 is 11.3 Å². The van der Waals surface area contributed by atoms with E-state index in [0.717, 1.165) is 26.5 Å². The predicted octanol–water partition coefficient (Wildman–Crippen LogP) is 3.93. The Kier molecular flexibility index (Phi) is 2.95. The lowest BCUT2D eigenvalue weighted by molar-refractivity contribution is 0.0968. The molecule has 1 aromatic carbocycles. The number of aryl methyl sites for hydroxylation is 2. The van der Waals surface area contributed by atoms with Gasteiger partial charge in [0.25, 0.3) is 0 Å².